The molecular weight excluding hydrogens is 436 g/mol. The van der Waals surface area contributed by atoms with Crippen molar-refractivity contribution >= 4 is 17.4 Å². The third kappa shape index (κ3) is 6.00. The fraction of sp³-hybridized carbons (Fsp3) is 0.481. The fourth-order valence-electron chi connectivity index (χ4n) is 5.04. The topological polar surface area (TPSA) is 43.9 Å². The van der Waals surface area contributed by atoms with E-state index in [0.29, 0.717) is 56.6 Å². The van der Waals surface area contributed by atoms with Gasteiger partial charge in [-0.15, -0.1) is 0 Å². The highest BCUT2D eigenvalue weighted by Gasteiger charge is 2.28. The normalized spacial score (nSPS) is 17.3. The number of halogens is 2. The van der Waals surface area contributed by atoms with Crippen LogP contribution in [-0.4, -0.2) is 60.3 Å². The summed E-state index contributed by atoms with van der Waals surface area (Å²) in [7, 11) is 0. The van der Waals surface area contributed by atoms with Gasteiger partial charge in [0.25, 0.3) is 0 Å². The Labute approximate surface area is 200 Å². The Morgan fingerprint density at radius 2 is 1.62 bits per heavy atom. The molecule has 0 bridgehead atoms. The van der Waals surface area contributed by atoms with Gasteiger partial charge in [-0.3, -0.25) is 14.5 Å². The lowest BCUT2D eigenvalue weighted by Crippen LogP contribution is -2.52. The van der Waals surface area contributed by atoms with E-state index < -0.39 is 5.82 Å². The van der Waals surface area contributed by atoms with E-state index in [1.54, 1.807) is 24.3 Å². The maximum Gasteiger partial charge on any atom is 0.236 e. The minimum Gasteiger partial charge on any atom is -0.366 e. The van der Waals surface area contributed by atoms with Crippen LogP contribution in [-0.2, 0) is 11.3 Å². The summed E-state index contributed by atoms with van der Waals surface area (Å²) in [5, 5.41) is 0. The number of piperazine rings is 1. The number of hydrogen-bond acceptors (Lipinski definition) is 4. The maximum atomic E-state index is 14.6. The number of Topliss-reactive ketones (excluding diaryl/α,β-unsaturated/α-hetero) is 1. The number of rotatable bonds is 7. The summed E-state index contributed by atoms with van der Waals surface area (Å²) in [6.07, 6.45) is 5.74. The zero-order valence-electron chi connectivity index (χ0n) is 19.8. The van der Waals surface area contributed by atoms with Gasteiger partial charge in [0.2, 0.25) is 5.91 Å². The van der Waals surface area contributed by atoms with Gasteiger partial charge >= 0.3 is 0 Å². The van der Waals surface area contributed by atoms with Gasteiger partial charge in [-0.05, 0) is 55.7 Å². The van der Waals surface area contributed by atoms with E-state index in [9.17, 15) is 18.4 Å². The zero-order chi connectivity index (χ0) is 24.1. The third-order valence-electron chi connectivity index (χ3n) is 7.06. The van der Waals surface area contributed by atoms with E-state index in [-0.39, 0.29) is 17.5 Å². The number of carbonyl (C=O) groups excluding carboxylic acids is 2. The lowest BCUT2D eigenvalue weighted by Gasteiger charge is -2.39. The van der Waals surface area contributed by atoms with Crippen molar-refractivity contribution in [2.45, 2.75) is 51.6 Å². The molecule has 0 radical (unpaired) electrons. The fourth-order valence-corrected chi connectivity index (χ4v) is 5.04. The summed E-state index contributed by atoms with van der Waals surface area (Å²) in [5.74, 6) is -0.742. The molecule has 2 aromatic carbocycles. The van der Waals surface area contributed by atoms with Crippen molar-refractivity contribution in [3.63, 3.8) is 0 Å². The second kappa shape index (κ2) is 11.1. The first-order valence-electron chi connectivity index (χ1n) is 12.2. The summed E-state index contributed by atoms with van der Waals surface area (Å²) in [6.45, 7) is 4.54. The molecular formula is C27H33F2N3O2. The number of ketones is 1. The van der Waals surface area contributed by atoms with Crippen LogP contribution in [0.15, 0.2) is 42.5 Å². The van der Waals surface area contributed by atoms with Crippen molar-refractivity contribution in [3.8, 4) is 0 Å². The van der Waals surface area contributed by atoms with Gasteiger partial charge in [0, 0.05) is 44.3 Å². The third-order valence-corrected chi connectivity index (χ3v) is 7.06. The van der Waals surface area contributed by atoms with Gasteiger partial charge in [0.15, 0.2) is 5.78 Å². The van der Waals surface area contributed by atoms with Crippen LogP contribution in [0.2, 0.25) is 0 Å². The molecule has 1 aliphatic heterocycles. The zero-order valence-corrected chi connectivity index (χ0v) is 19.8. The number of nitrogens with zero attached hydrogens (tertiary/aromatic N) is 3. The minimum absolute atomic E-state index is 0.0831. The molecule has 4 rings (SSSR count). The number of anilines is 1. The largest absolute Gasteiger partial charge is 0.366 e. The lowest BCUT2D eigenvalue weighted by atomic mass is 9.93. The molecule has 5 nitrogen and oxygen atoms in total. The van der Waals surface area contributed by atoms with Crippen LogP contribution in [0.1, 0.15) is 54.9 Å². The molecule has 182 valence electrons. The molecule has 1 heterocycles. The van der Waals surface area contributed by atoms with Crippen molar-refractivity contribution in [2.75, 3.05) is 37.6 Å². The highest BCUT2D eigenvalue weighted by Crippen LogP contribution is 2.25. The van der Waals surface area contributed by atoms with Gasteiger partial charge < -0.3 is 9.80 Å². The molecule has 2 aromatic rings. The standard InChI is InChI=1S/C27H33F2N3O2/c1-20(33)22-9-12-26(25(29)17-22)30-13-15-31(16-14-30)27(34)19-32(24-5-3-2-4-6-24)18-21-7-10-23(28)11-8-21/h7-12,17,24H,2-6,13-16,18-19H2,1H3. The number of amides is 1. The van der Waals surface area contributed by atoms with E-state index in [1.807, 2.05) is 9.80 Å². The van der Waals surface area contributed by atoms with Crippen LogP contribution < -0.4 is 4.90 Å². The summed E-state index contributed by atoms with van der Waals surface area (Å²) in [6, 6.07) is 11.5. The highest BCUT2D eigenvalue weighted by molar-refractivity contribution is 5.94. The summed E-state index contributed by atoms with van der Waals surface area (Å²) >= 11 is 0. The van der Waals surface area contributed by atoms with E-state index in [1.165, 1.54) is 44.4 Å². The number of hydrogen-bond donors (Lipinski definition) is 0. The van der Waals surface area contributed by atoms with E-state index >= 15 is 0 Å². The van der Waals surface area contributed by atoms with Crippen LogP contribution in [0.5, 0.6) is 0 Å². The summed E-state index contributed by atoms with van der Waals surface area (Å²) < 4.78 is 27.9. The van der Waals surface area contributed by atoms with Gasteiger partial charge in [-0.2, -0.15) is 0 Å². The lowest BCUT2D eigenvalue weighted by molar-refractivity contribution is -0.133. The quantitative estimate of drug-likeness (QED) is 0.554. The first-order valence-corrected chi connectivity index (χ1v) is 12.2. The van der Waals surface area contributed by atoms with E-state index in [4.69, 9.17) is 0 Å². The first-order chi connectivity index (χ1) is 16.4. The van der Waals surface area contributed by atoms with Crippen molar-refractivity contribution in [3.05, 3.63) is 65.2 Å². The molecule has 2 aliphatic rings. The molecule has 1 saturated heterocycles. The first kappa shape index (κ1) is 24.3. The Balaban J connectivity index is 1.37. The van der Waals surface area contributed by atoms with E-state index in [0.717, 1.165) is 18.4 Å². The molecule has 2 fully saturated rings. The van der Waals surface area contributed by atoms with Crippen LogP contribution in [0.25, 0.3) is 0 Å². The Bertz CT molecular complexity index is 997. The van der Waals surface area contributed by atoms with Crippen molar-refractivity contribution in [1.82, 2.24) is 9.80 Å². The Morgan fingerprint density at radius 1 is 0.941 bits per heavy atom. The molecule has 0 N–H and O–H groups in total. The Morgan fingerprint density at radius 3 is 2.24 bits per heavy atom. The van der Waals surface area contributed by atoms with Gasteiger partial charge in [-0.25, -0.2) is 8.78 Å². The maximum absolute atomic E-state index is 14.6. The van der Waals surface area contributed by atoms with E-state index in [2.05, 4.69) is 4.90 Å². The second-order valence-corrected chi connectivity index (χ2v) is 9.41. The second-order valence-electron chi connectivity index (χ2n) is 9.41. The number of carbonyl (C=O) groups is 2. The highest BCUT2D eigenvalue weighted by atomic mass is 19.1. The molecule has 34 heavy (non-hydrogen) atoms. The van der Waals surface area contributed by atoms with Crippen LogP contribution in [0, 0.1) is 11.6 Å². The van der Waals surface area contributed by atoms with Crippen LogP contribution in [0.3, 0.4) is 0 Å². The van der Waals surface area contributed by atoms with Crippen molar-refractivity contribution in [1.29, 1.82) is 0 Å². The Kier molecular flexibility index (Phi) is 7.93. The average molecular weight is 470 g/mol. The Hall–Kier alpha value is -2.80. The monoisotopic (exact) mass is 469 g/mol. The average Bonchev–Trinajstić information content (AvgIpc) is 2.85. The molecule has 0 atom stereocenters. The van der Waals surface area contributed by atoms with Crippen molar-refractivity contribution in [2.24, 2.45) is 0 Å². The number of benzene rings is 2. The molecule has 1 saturated carbocycles. The minimum atomic E-state index is -0.407. The summed E-state index contributed by atoms with van der Waals surface area (Å²) in [5.41, 5.74) is 1.84. The summed E-state index contributed by atoms with van der Waals surface area (Å²) in [4.78, 5) is 30.8. The molecule has 7 heteroatoms. The van der Waals surface area contributed by atoms with Crippen molar-refractivity contribution < 1.29 is 18.4 Å². The molecule has 1 amide bonds. The molecule has 1 aliphatic carbocycles. The SMILES string of the molecule is CC(=O)c1ccc(N2CCN(C(=O)CN(Cc3ccc(F)cc3)C3CCCCC3)CC2)c(F)c1. The molecule has 0 unspecified atom stereocenters. The van der Waals surface area contributed by atoms with Crippen LogP contribution in [0.4, 0.5) is 14.5 Å². The molecule has 0 spiro atoms. The van der Waals surface area contributed by atoms with Gasteiger partial charge in [-0.1, -0.05) is 31.4 Å². The smallest absolute Gasteiger partial charge is 0.236 e. The predicted octanol–water partition coefficient (Wildman–Crippen LogP) is 4.65. The van der Waals surface area contributed by atoms with Gasteiger partial charge in [0.1, 0.15) is 11.6 Å². The van der Waals surface area contributed by atoms with Crippen LogP contribution >= 0.6 is 0 Å². The van der Waals surface area contributed by atoms with Gasteiger partial charge in [0.05, 0.1) is 12.2 Å². The molecule has 0 aromatic heterocycles. The predicted molar refractivity (Wildman–Crippen MR) is 129 cm³/mol.